The Kier molecular flexibility index (Phi) is 6.29. The van der Waals surface area contributed by atoms with E-state index in [0.29, 0.717) is 6.61 Å². The molecule has 100 valence electrons. The summed E-state index contributed by atoms with van der Waals surface area (Å²) >= 11 is 0. The fourth-order valence-corrected chi connectivity index (χ4v) is 1.67. The Bertz CT molecular complexity index is 386. The van der Waals surface area contributed by atoms with Crippen LogP contribution < -0.4 is 9.47 Å². The fourth-order valence-electron chi connectivity index (χ4n) is 1.67. The molecule has 0 fully saturated rings. The molecular formula is C15H23NO2. The van der Waals surface area contributed by atoms with Crippen LogP contribution in [0.1, 0.15) is 18.9 Å². The van der Waals surface area contributed by atoms with E-state index >= 15 is 0 Å². The van der Waals surface area contributed by atoms with E-state index in [1.165, 1.54) is 0 Å². The lowest BCUT2D eigenvalue weighted by Gasteiger charge is -2.13. The molecule has 1 aromatic carbocycles. The van der Waals surface area contributed by atoms with Gasteiger partial charge in [-0.3, -0.25) is 0 Å². The van der Waals surface area contributed by atoms with Crippen LogP contribution in [-0.2, 0) is 0 Å². The van der Waals surface area contributed by atoms with Crippen molar-refractivity contribution in [2.24, 2.45) is 0 Å². The minimum absolute atomic E-state index is 0.702. The Balaban J connectivity index is 2.63. The van der Waals surface area contributed by atoms with E-state index in [1.807, 2.05) is 37.3 Å². The highest BCUT2D eigenvalue weighted by molar-refractivity contribution is 5.55. The van der Waals surface area contributed by atoms with Gasteiger partial charge in [0.15, 0.2) is 11.5 Å². The summed E-state index contributed by atoms with van der Waals surface area (Å²) in [6.45, 7) is 3.73. The van der Waals surface area contributed by atoms with Gasteiger partial charge in [0.2, 0.25) is 0 Å². The molecule has 0 atom stereocenters. The van der Waals surface area contributed by atoms with Crippen LogP contribution in [0, 0.1) is 0 Å². The van der Waals surface area contributed by atoms with Crippen LogP contribution in [-0.4, -0.2) is 39.3 Å². The van der Waals surface area contributed by atoms with Crippen LogP contribution in [0.2, 0.25) is 0 Å². The van der Waals surface area contributed by atoms with Crippen LogP contribution in [0.25, 0.3) is 6.08 Å². The molecule has 0 unspecified atom stereocenters. The fraction of sp³-hybridized carbons (Fsp3) is 0.467. The third-order valence-electron chi connectivity index (χ3n) is 2.55. The van der Waals surface area contributed by atoms with Crippen molar-refractivity contribution in [2.75, 3.05) is 34.4 Å². The number of allylic oxidation sites excluding steroid dienone is 1. The maximum Gasteiger partial charge on any atom is 0.161 e. The topological polar surface area (TPSA) is 21.7 Å². The van der Waals surface area contributed by atoms with Gasteiger partial charge in [0.1, 0.15) is 0 Å². The molecule has 0 heterocycles. The second-order valence-corrected chi connectivity index (χ2v) is 4.42. The first-order valence-electron chi connectivity index (χ1n) is 6.25. The molecule has 0 aliphatic heterocycles. The molecule has 0 N–H and O–H groups in total. The summed E-state index contributed by atoms with van der Waals surface area (Å²) in [6.07, 6.45) is 5.06. The molecule has 0 aromatic heterocycles. The highest BCUT2D eigenvalue weighted by atomic mass is 16.5. The second kappa shape index (κ2) is 7.77. The molecule has 0 radical (unpaired) electrons. The second-order valence-electron chi connectivity index (χ2n) is 4.42. The minimum Gasteiger partial charge on any atom is -0.493 e. The van der Waals surface area contributed by atoms with Gasteiger partial charge in [0, 0.05) is 6.54 Å². The quantitative estimate of drug-likeness (QED) is 0.693. The van der Waals surface area contributed by atoms with Crippen molar-refractivity contribution in [1.29, 1.82) is 0 Å². The van der Waals surface area contributed by atoms with Crippen molar-refractivity contribution in [2.45, 2.75) is 13.3 Å². The number of rotatable bonds is 7. The summed E-state index contributed by atoms with van der Waals surface area (Å²) in [5.74, 6) is 1.60. The molecule has 0 spiro atoms. The SMILES string of the molecule is CC=Cc1ccc(OC)c(OCCCN(C)C)c1. The van der Waals surface area contributed by atoms with Crippen molar-refractivity contribution in [3.63, 3.8) is 0 Å². The largest absolute Gasteiger partial charge is 0.493 e. The highest BCUT2D eigenvalue weighted by Gasteiger charge is 2.04. The molecule has 0 amide bonds. The summed E-state index contributed by atoms with van der Waals surface area (Å²) < 4.78 is 11.1. The van der Waals surface area contributed by atoms with E-state index in [0.717, 1.165) is 30.0 Å². The Hall–Kier alpha value is -1.48. The van der Waals surface area contributed by atoms with Crippen LogP contribution in [0.5, 0.6) is 11.5 Å². The molecule has 1 aromatic rings. The number of nitrogens with zero attached hydrogens (tertiary/aromatic N) is 1. The third kappa shape index (κ3) is 4.80. The maximum absolute atomic E-state index is 5.78. The Morgan fingerprint density at radius 2 is 2.00 bits per heavy atom. The molecule has 0 saturated heterocycles. The van der Waals surface area contributed by atoms with Crippen LogP contribution >= 0.6 is 0 Å². The molecule has 0 bridgehead atoms. The maximum atomic E-state index is 5.78. The number of hydrogen-bond acceptors (Lipinski definition) is 3. The van der Waals surface area contributed by atoms with Crippen LogP contribution in [0.3, 0.4) is 0 Å². The van der Waals surface area contributed by atoms with Gasteiger partial charge in [-0.05, 0) is 45.1 Å². The summed E-state index contributed by atoms with van der Waals surface area (Å²) in [7, 11) is 5.79. The van der Waals surface area contributed by atoms with Gasteiger partial charge in [-0.15, -0.1) is 0 Å². The minimum atomic E-state index is 0.702. The third-order valence-corrected chi connectivity index (χ3v) is 2.55. The average Bonchev–Trinajstić information content (AvgIpc) is 2.35. The van der Waals surface area contributed by atoms with Gasteiger partial charge in [0.25, 0.3) is 0 Å². The zero-order valence-corrected chi connectivity index (χ0v) is 11.8. The predicted molar refractivity (Wildman–Crippen MR) is 76.4 cm³/mol. The number of benzene rings is 1. The van der Waals surface area contributed by atoms with E-state index in [2.05, 4.69) is 19.0 Å². The Labute approximate surface area is 110 Å². The van der Waals surface area contributed by atoms with Crippen molar-refractivity contribution in [3.8, 4) is 11.5 Å². The molecule has 1 rings (SSSR count). The molecule has 3 nitrogen and oxygen atoms in total. The molecule has 0 aliphatic rings. The normalized spacial score (nSPS) is 11.2. The summed E-state index contributed by atoms with van der Waals surface area (Å²) in [5, 5.41) is 0. The standard InChI is InChI=1S/C15H23NO2/c1-5-7-13-8-9-14(17-4)15(12-13)18-11-6-10-16(2)3/h5,7-9,12H,6,10-11H2,1-4H3. The number of ether oxygens (including phenoxy) is 2. The summed E-state index contributed by atoms with van der Waals surface area (Å²) in [6, 6.07) is 5.97. The van der Waals surface area contributed by atoms with Crippen molar-refractivity contribution < 1.29 is 9.47 Å². The average molecular weight is 249 g/mol. The number of methoxy groups -OCH3 is 1. The first kappa shape index (κ1) is 14.6. The monoisotopic (exact) mass is 249 g/mol. The van der Waals surface area contributed by atoms with Gasteiger partial charge in [-0.1, -0.05) is 18.2 Å². The number of hydrogen-bond donors (Lipinski definition) is 0. The zero-order chi connectivity index (χ0) is 13.4. The molecular weight excluding hydrogens is 226 g/mol. The first-order chi connectivity index (χ1) is 8.67. The molecule has 3 heteroatoms. The van der Waals surface area contributed by atoms with Crippen molar-refractivity contribution in [1.82, 2.24) is 4.90 Å². The van der Waals surface area contributed by atoms with Gasteiger partial charge in [0.05, 0.1) is 13.7 Å². The van der Waals surface area contributed by atoms with E-state index < -0.39 is 0 Å². The van der Waals surface area contributed by atoms with Crippen molar-refractivity contribution in [3.05, 3.63) is 29.8 Å². The molecule has 0 aliphatic carbocycles. The lowest BCUT2D eigenvalue weighted by atomic mass is 10.2. The Morgan fingerprint density at radius 1 is 1.22 bits per heavy atom. The zero-order valence-electron chi connectivity index (χ0n) is 11.8. The molecule has 18 heavy (non-hydrogen) atoms. The van der Waals surface area contributed by atoms with E-state index in [1.54, 1.807) is 7.11 Å². The summed E-state index contributed by atoms with van der Waals surface area (Å²) in [4.78, 5) is 2.15. The summed E-state index contributed by atoms with van der Waals surface area (Å²) in [5.41, 5.74) is 1.13. The lowest BCUT2D eigenvalue weighted by Crippen LogP contribution is -2.15. The lowest BCUT2D eigenvalue weighted by molar-refractivity contribution is 0.268. The van der Waals surface area contributed by atoms with Gasteiger partial charge < -0.3 is 14.4 Å². The highest BCUT2D eigenvalue weighted by Crippen LogP contribution is 2.28. The van der Waals surface area contributed by atoms with Gasteiger partial charge in [-0.2, -0.15) is 0 Å². The smallest absolute Gasteiger partial charge is 0.161 e. The van der Waals surface area contributed by atoms with Gasteiger partial charge >= 0.3 is 0 Å². The molecule has 0 saturated carbocycles. The predicted octanol–water partition coefficient (Wildman–Crippen LogP) is 3.06. The van der Waals surface area contributed by atoms with Crippen LogP contribution in [0.15, 0.2) is 24.3 Å². The first-order valence-corrected chi connectivity index (χ1v) is 6.25. The van der Waals surface area contributed by atoms with Crippen molar-refractivity contribution >= 4 is 6.08 Å². The Morgan fingerprint density at radius 3 is 2.61 bits per heavy atom. The van der Waals surface area contributed by atoms with Gasteiger partial charge in [-0.25, -0.2) is 0 Å². The van der Waals surface area contributed by atoms with E-state index in [4.69, 9.17) is 9.47 Å². The van der Waals surface area contributed by atoms with E-state index in [9.17, 15) is 0 Å². The van der Waals surface area contributed by atoms with Crippen LogP contribution in [0.4, 0.5) is 0 Å². The van der Waals surface area contributed by atoms with E-state index in [-0.39, 0.29) is 0 Å².